The first-order chi connectivity index (χ1) is 12.3. The first-order valence-electron chi connectivity index (χ1n) is 9.33. The van der Waals surface area contributed by atoms with E-state index < -0.39 is 5.97 Å². The van der Waals surface area contributed by atoms with Crippen LogP contribution in [-0.4, -0.2) is 82.3 Å². The number of carbonyl (C=O) groups is 4. The van der Waals surface area contributed by atoms with Crippen LogP contribution in [0.1, 0.15) is 46.0 Å². The summed E-state index contributed by atoms with van der Waals surface area (Å²) in [6.45, 7) is 4.94. The largest absolute Gasteiger partial charge is 0.480 e. The molecule has 0 radical (unpaired) electrons. The van der Waals surface area contributed by atoms with Gasteiger partial charge in [0.15, 0.2) is 0 Å². The topological polar surface area (TPSA) is 98.2 Å². The Morgan fingerprint density at radius 2 is 1.62 bits per heavy atom. The third-order valence-electron chi connectivity index (χ3n) is 5.38. The van der Waals surface area contributed by atoms with Gasteiger partial charge in [-0.3, -0.25) is 19.2 Å². The van der Waals surface area contributed by atoms with E-state index in [9.17, 15) is 19.2 Å². The van der Waals surface area contributed by atoms with Gasteiger partial charge in [-0.05, 0) is 32.1 Å². The van der Waals surface area contributed by atoms with Crippen molar-refractivity contribution >= 4 is 23.7 Å². The molecule has 0 saturated carbocycles. The minimum Gasteiger partial charge on any atom is -0.480 e. The summed E-state index contributed by atoms with van der Waals surface area (Å²) in [5.41, 5.74) is 0. The van der Waals surface area contributed by atoms with Crippen LogP contribution < -0.4 is 0 Å². The van der Waals surface area contributed by atoms with E-state index in [4.69, 9.17) is 5.11 Å². The van der Waals surface area contributed by atoms with E-state index in [1.807, 2.05) is 4.90 Å². The number of hydrogen-bond donors (Lipinski definition) is 1. The van der Waals surface area contributed by atoms with Crippen molar-refractivity contribution in [1.29, 1.82) is 0 Å². The third-order valence-corrected chi connectivity index (χ3v) is 5.38. The minimum absolute atomic E-state index is 0.00389. The van der Waals surface area contributed by atoms with Crippen molar-refractivity contribution in [3.8, 4) is 0 Å². The zero-order chi connectivity index (χ0) is 19.3. The Morgan fingerprint density at radius 1 is 0.962 bits per heavy atom. The molecule has 146 valence electrons. The van der Waals surface area contributed by atoms with Gasteiger partial charge in [0.2, 0.25) is 17.7 Å². The molecule has 2 atom stereocenters. The van der Waals surface area contributed by atoms with Crippen LogP contribution in [0.5, 0.6) is 0 Å². The van der Waals surface area contributed by atoms with Crippen LogP contribution in [0.4, 0.5) is 0 Å². The molecule has 0 aliphatic carbocycles. The molecule has 0 spiro atoms. The first kappa shape index (κ1) is 20.2. The molecule has 3 amide bonds. The molecule has 0 aromatic heterocycles. The van der Waals surface area contributed by atoms with E-state index in [0.717, 1.165) is 19.3 Å². The highest BCUT2D eigenvalue weighted by atomic mass is 16.4. The van der Waals surface area contributed by atoms with E-state index in [1.165, 1.54) is 18.7 Å². The lowest BCUT2D eigenvalue weighted by atomic mass is 9.96. The van der Waals surface area contributed by atoms with E-state index >= 15 is 0 Å². The van der Waals surface area contributed by atoms with E-state index in [2.05, 4.69) is 0 Å². The Kier molecular flexibility index (Phi) is 6.99. The Labute approximate surface area is 154 Å². The van der Waals surface area contributed by atoms with Crippen LogP contribution in [0.3, 0.4) is 0 Å². The summed E-state index contributed by atoms with van der Waals surface area (Å²) < 4.78 is 0. The van der Waals surface area contributed by atoms with E-state index in [0.29, 0.717) is 39.0 Å². The van der Waals surface area contributed by atoms with Gasteiger partial charge >= 0.3 is 5.97 Å². The maximum absolute atomic E-state index is 12.9. The normalized spacial score (nSPS) is 23.9. The molecule has 0 bridgehead atoms. The molecule has 8 nitrogen and oxygen atoms in total. The summed E-state index contributed by atoms with van der Waals surface area (Å²) in [5.74, 6) is -1.36. The lowest BCUT2D eigenvalue weighted by Crippen LogP contribution is -2.47. The van der Waals surface area contributed by atoms with Crippen molar-refractivity contribution in [2.45, 2.75) is 52.0 Å². The highest BCUT2D eigenvalue weighted by Crippen LogP contribution is 2.23. The molecule has 2 aliphatic rings. The molecule has 1 N–H and O–H groups in total. The molecular formula is C18H29N3O5. The zero-order valence-electron chi connectivity index (χ0n) is 15.6. The fraction of sp³-hybridized carbons (Fsp3) is 0.778. The summed E-state index contributed by atoms with van der Waals surface area (Å²) in [5, 5.41) is 9.02. The average Bonchev–Trinajstić information content (AvgIpc) is 2.84. The number of carboxylic acid groups (broad SMARTS) is 1. The predicted molar refractivity (Wildman–Crippen MR) is 94.2 cm³/mol. The average molecular weight is 367 g/mol. The maximum Gasteiger partial charge on any atom is 0.323 e. The van der Waals surface area contributed by atoms with Gasteiger partial charge in [-0.2, -0.15) is 0 Å². The summed E-state index contributed by atoms with van der Waals surface area (Å²) in [7, 11) is 0. The summed E-state index contributed by atoms with van der Waals surface area (Å²) in [6, 6.07) is -0.151. The highest BCUT2D eigenvalue weighted by Gasteiger charge is 2.32. The van der Waals surface area contributed by atoms with Gasteiger partial charge in [0.1, 0.15) is 6.54 Å². The number of amides is 3. The van der Waals surface area contributed by atoms with Gasteiger partial charge < -0.3 is 19.8 Å². The molecule has 0 aromatic rings. The Bertz CT molecular complexity index is 565. The number of carbonyl (C=O) groups excluding carboxylic acids is 3. The van der Waals surface area contributed by atoms with Crippen LogP contribution in [-0.2, 0) is 19.2 Å². The fourth-order valence-electron chi connectivity index (χ4n) is 3.98. The standard InChI is InChI=1S/C18H29N3O5/c1-13(22)20-9-3-5-15(11-20)18(26)19-8-4-6-16(7-10-19)21(14(2)23)12-17(24)25/h15-16H,3-12H2,1-2H3,(H,24,25). The Balaban J connectivity index is 1.96. The number of nitrogens with zero attached hydrogens (tertiary/aromatic N) is 3. The fourth-order valence-corrected chi connectivity index (χ4v) is 3.98. The number of likely N-dealkylation sites (tertiary alicyclic amines) is 2. The highest BCUT2D eigenvalue weighted by molar-refractivity contribution is 5.81. The monoisotopic (exact) mass is 367 g/mol. The SMILES string of the molecule is CC(=O)N1CCCC(C(=O)N2CCCC(N(CC(=O)O)C(C)=O)CC2)C1. The van der Waals surface area contributed by atoms with Gasteiger partial charge in [-0.25, -0.2) is 0 Å². The zero-order valence-corrected chi connectivity index (χ0v) is 15.6. The Morgan fingerprint density at radius 3 is 2.23 bits per heavy atom. The van der Waals surface area contributed by atoms with E-state index in [1.54, 1.807) is 4.90 Å². The van der Waals surface area contributed by atoms with Crippen molar-refractivity contribution in [1.82, 2.24) is 14.7 Å². The van der Waals surface area contributed by atoms with Crippen LogP contribution in [0.15, 0.2) is 0 Å². The lowest BCUT2D eigenvalue weighted by molar-refractivity contribution is -0.145. The quantitative estimate of drug-likeness (QED) is 0.783. The molecular weight excluding hydrogens is 338 g/mol. The van der Waals surface area contributed by atoms with Crippen molar-refractivity contribution < 1.29 is 24.3 Å². The second kappa shape index (κ2) is 9.00. The third kappa shape index (κ3) is 5.19. The molecule has 2 saturated heterocycles. The lowest BCUT2D eigenvalue weighted by Gasteiger charge is -2.34. The molecule has 2 heterocycles. The van der Waals surface area contributed by atoms with Crippen molar-refractivity contribution in [2.75, 3.05) is 32.7 Å². The van der Waals surface area contributed by atoms with Gasteiger partial charge in [0.05, 0.1) is 5.92 Å². The van der Waals surface area contributed by atoms with Crippen molar-refractivity contribution in [2.24, 2.45) is 5.92 Å². The smallest absolute Gasteiger partial charge is 0.323 e. The van der Waals surface area contributed by atoms with Gasteiger partial charge in [0, 0.05) is 46.1 Å². The predicted octanol–water partition coefficient (Wildman–Crippen LogP) is 0.559. The number of piperidine rings is 1. The van der Waals surface area contributed by atoms with Gasteiger partial charge in [-0.1, -0.05) is 0 Å². The summed E-state index contributed by atoms with van der Waals surface area (Å²) >= 11 is 0. The van der Waals surface area contributed by atoms with Crippen LogP contribution >= 0.6 is 0 Å². The second-order valence-electron chi connectivity index (χ2n) is 7.25. The molecule has 2 aliphatic heterocycles. The number of carboxylic acids is 1. The van der Waals surface area contributed by atoms with Crippen molar-refractivity contribution in [3.05, 3.63) is 0 Å². The van der Waals surface area contributed by atoms with Gasteiger partial charge in [0.25, 0.3) is 0 Å². The van der Waals surface area contributed by atoms with E-state index in [-0.39, 0.29) is 36.2 Å². The summed E-state index contributed by atoms with van der Waals surface area (Å²) in [4.78, 5) is 52.2. The minimum atomic E-state index is -1.02. The van der Waals surface area contributed by atoms with Crippen molar-refractivity contribution in [3.63, 3.8) is 0 Å². The number of hydrogen-bond acceptors (Lipinski definition) is 4. The maximum atomic E-state index is 12.9. The molecule has 8 heteroatoms. The molecule has 2 unspecified atom stereocenters. The molecule has 26 heavy (non-hydrogen) atoms. The van der Waals surface area contributed by atoms with Crippen LogP contribution in [0.2, 0.25) is 0 Å². The second-order valence-corrected chi connectivity index (χ2v) is 7.25. The molecule has 2 rings (SSSR count). The molecule has 0 aromatic carbocycles. The summed E-state index contributed by atoms with van der Waals surface area (Å²) in [6.07, 6.45) is 3.65. The molecule has 2 fully saturated rings. The van der Waals surface area contributed by atoms with Gasteiger partial charge in [-0.15, -0.1) is 0 Å². The first-order valence-corrected chi connectivity index (χ1v) is 9.33. The van der Waals surface area contributed by atoms with Crippen LogP contribution in [0.25, 0.3) is 0 Å². The number of aliphatic carboxylic acids is 1. The number of rotatable bonds is 4. The van der Waals surface area contributed by atoms with Crippen LogP contribution in [0, 0.1) is 5.92 Å². The Hall–Kier alpha value is -2.12.